The van der Waals surface area contributed by atoms with Gasteiger partial charge < -0.3 is 10.1 Å². The topological polar surface area (TPSA) is 86.3 Å². The average Bonchev–Trinajstić information content (AvgIpc) is 3.53. The van der Waals surface area contributed by atoms with Crippen LogP contribution in [0, 0.1) is 0 Å². The van der Waals surface area contributed by atoms with Crippen LogP contribution in [0.15, 0.2) is 79.5 Å². The summed E-state index contributed by atoms with van der Waals surface area (Å²) < 4.78 is 8.97. The summed E-state index contributed by atoms with van der Waals surface area (Å²) in [5.74, 6) is -0.269. The number of aryl methyl sites for hydroxylation is 1. The van der Waals surface area contributed by atoms with E-state index in [1.807, 2.05) is 69.8 Å². The van der Waals surface area contributed by atoms with Crippen LogP contribution in [-0.4, -0.2) is 37.4 Å². The number of benzene rings is 2. The highest BCUT2D eigenvalue weighted by molar-refractivity contribution is 6.30. The van der Waals surface area contributed by atoms with E-state index in [1.165, 1.54) is 13.4 Å². The van der Waals surface area contributed by atoms with Crippen molar-refractivity contribution in [1.82, 2.24) is 24.4 Å². The normalized spacial score (nSPS) is 11.6. The van der Waals surface area contributed by atoms with Gasteiger partial charge in [-0.25, -0.2) is 9.50 Å². The molecule has 1 N–H and O–H groups in total. The molecule has 0 saturated carbocycles. The number of amides is 1. The number of aromatic nitrogens is 5. The van der Waals surface area contributed by atoms with Crippen LogP contribution in [0.1, 0.15) is 25.5 Å². The Labute approximate surface area is 214 Å². The Kier molecular flexibility index (Phi) is 7.77. The summed E-state index contributed by atoms with van der Waals surface area (Å²) in [5, 5.41) is 12.1. The first-order valence-corrected chi connectivity index (χ1v) is 11.9. The van der Waals surface area contributed by atoms with Gasteiger partial charge in [-0.05, 0) is 35.9 Å². The van der Waals surface area contributed by atoms with Gasteiger partial charge >= 0.3 is 0 Å². The Morgan fingerprint density at radius 1 is 0.972 bits per heavy atom. The molecular formula is C27H27ClN6O2. The molecule has 0 bridgehead atoms. The quantitative estimate of drug-likeness (QED) is 0.317. The van der Waals surface area contributed by atoms with Gasteiger partial charge in [0.05, 0.1) is 17.4 Å². The van der Waals surface area contributed by atoms with Crippen LogP contribution in [0.4, 0.5) is 5.69 Å². The highest BCUT2D eigenvalue weighted by Crippen LogP contribution is 2.29. The summed E-state index contributed by atoms with van der Waals surface area (Å²) in [6.45, 7) is 4.00. The fraction of sp³-hybridized carbons (Fsp3) is 0.185. The van der Waals surface area contributed by atoms with Gasteiger partial charge in [0, 0.05) is 54.0 Å². The predicted octanol–water partition coefficient (Wildman–Crippen LogP) is 5.80. The summed E-state index contributed by atoms with van der Waals surface area (Å²) >= 11 is 5.95. The maximum absolute atomic E-state index is 12.8. The van der Waals surface area contributed by atoms with Gasteiger partial charge in [0.25, 0.3) is 5.91 Å². The minimum absolute atomic E-state index is 0.269. The average molecular weight is 503 g/mol. The molecule has 5 rings (SSSR count). The molecule has 1 atom stereocenters. The predicted molar refractivity (Wildman–Crippen MR) is 142 cm³/mol. The number of hydrogen-bond donors (Lipinski definition) is 1. The van der Waals surface area contributed by atoms with Crippen molar-refractivity contribution in [3.05, 3.63) is 90.1 Å². The maximum atomic E-state index is 12.8. The zero-order chi connectivity index (χ0) is 25.7. The van der Waals surface area contributed by atoms with E-state index in [2.05, 4.69) is 20.5 Å². The first-order valence-electron chi connectivity index (χ1n) is 11.5. The number of fused-ring (bicyclic) bond motifs is 1. The Bertz CT molecular complexity index is 1460. The van der Waals surface area contributed by atoms with Crippen molar-refractivity contribution in [2.45, 2.75) is 20.0 Å². The molecule has 0 aliphatic rings. The lowest BCUT2D eigenvalue weighted by atomic mass is 10.1. The van der Waals surface area contributed by atoms with E-state index in [1.54, 1.807) is 33.5 Å². The summed E-state index contributed by atoms with van der Waals surface area (Å²) in [5.41, 5.74) is 5.96. The number of methoxy groups -OCH3 is 1. The van der Waals surface area contributed by atoms with Crippen molar-refractivity contribution in [2.24, 2.45) is 7.05 Å². The molecule has 5 aromatic rings. The Morgan fingerprint density at radius 2 is 1.69 bits per heavy atom. The lowest BCUT2D eigenvalue weighted by Crippen LogP contribution is -2.22. The monoisotopic (exact) mass is 502 g/mol. The molecule has 36 heavy (non-hydrogen) atoms. The minimum atomic E-state index is -0.745. The molecule has 0 aliphatic heterocycles. The Balaban J connectivity index is 0.00000148. The molecule has 0 spiro atoms. The third-order valence-corrected chi connectivity index (χ3v) is 5.77. The second-order valence-corrected chi connectivity index (χ2v) is 8.24. The molecule has 1 unspecified atom stereocenters. The van der Waals surface area contributed by atoms with Crippen LogP contribution < -0.4 is 5.32 Å². The van der Waals surface area contributed by atoms with E-state index in [0.29, 0.717) is 10.7 Å². The number of hydrogen-bond acceptors (Lipinski definition) is 5. The zero-order valence-electron chi connectivity index (χ0n) is 20.5. The van der Waals surface area contributed by atoms with Gasteiger partial charge in [0.1, 0.15) is 6.33 Å². The molecule has 0 saturated heterocycles. The number of carbonyl (C=O) groups is 1. The van der Waals surface area contributed by atoms with Crippen LogP contribution in [0.5, 0.6) is 0 Å². The molecule has 3 aromatic heterocycles. The zero-order valence-corrected chi connectivity index (χ0v) is 21.3. The maximum Gasteiger partial charge on any atom is 0.258 e. The third-order valence-electron chi connectivity index (χ3n) is 5.52. The number of carbonyl (C=O) groups excluding carboxylic acids is 1. The van der Waals surface area contributed by atoms with E-state index >= 15 is 0 Å². The lowest BCUT2D eigenvalue weighted by molar-refractivity contribution is -0.126. The van der Waals surface area contributed by atoms with Crippen molar-refractivity contribution in [2.75, 3.05) is 12.4 Å². The fourth-order valence-corrected chi connectivity index (χ4v) is 3.96. The van der Waals surface area contributed by atoms with Crippen molar-refractivity contribution in [3.63, 3.8) is 0 Å². The Morgan fingerprint density at radius 3 is 2.33 bits per heavy atom. The van der Waals surface area contributed by atoms with Crippen molar-refractivity contribution >= 4 is 28.7 Å². The molecule has 0 radical (unpaired) electrons. The smallest absolute Gasteiger partial charge is 0.258 e. The third kappa shape index (κ3) is 5.30. The van der Waals surface area contributed by atoms with Crippen LogP contribution in [0.2, 0.25) is 5.02 Å². The number of anilines is 1. The van der Waals surface area contributed by atoms with E-state index in [4.69, 9.17) is 16.3 Å². The Hall–Kier alpha value is -4.01. The molecule has 184 valence electrons. The summed E-state index contributed by atoms with van der Waals surface area (Å²) in [6, 6.07) is 16.6. The summed E-state index contributed by atoms with van der Waals surface area (Å²) in [4.78, 5) is 17.3. The van der Waals surface area contributed by atoms with Gasteiger partial charge in [-0.1, -0.05) is 49.7 Å². The van der Waals surface area contributed by atoms with Gasteiger partial charge in [-0.15, -0.1) is 0 Å². The second-order valence-electron chi connectivity index (χ2n) is 7.80. The van der Waals surface area contributed by atoms with Crippen molar-refractivity contribution in [3.8, 4) is 22.4 Å². The van der Waals surface area contributed by atoms with Crippen LogP contribution in [0.25, 0.3) is 27.9 Å². The highest BCUT2D eigenvalue weighted by Gasteiger charge is 2.20. The standard InChI is InChI=1S/C25H21ClN6O2.C2H6/c1-31-13-19(12-28-31)18-11-22-23(27-15-29-32(22)14-18)16-5-9-21(10-6-16)30-25(33)24(34-2)17-3-7-20(26)8-4-17;1-2/h3-15,24H,1-2H3,(H,30,33);1-2H3. The van der Waals surface area contributed by atoms with E-state index in [9.17, 15) is 4.79 Å². The fourth-order valence-electron chi connectivity index (χ4n) is 3.83. The molecule has 2 aromatic carbocycles. The number of ether oxygens (including phenoxy) is 1. The van der Waals surface area contributed by atoms with Gasteiger partial charge in [0.15, 0.2) is 6.10 Å². The second kappa shape index (κ2) is 11.2. The highest BCUT2D eigenvalue weighted by atomic mass is 35.5. The first kappa shape index (κ1) is 25.1. The van der Waals surface area contributed by atoms with E-state index < -0.39 is 6.10 Å². The molecular weight excluding hydrogens is 476 g/mol. The SMILES string of the molecule is CC.COC(C(=O)Nc1ccc(-c2ncnn3cc(-c4cnn(C)c4)cc23)cc1)c1ccc(Cl)cc1. The van der Waals surface area contributed by atoms with Gasteiger partial charge in [-0.2, -0.15) is 10.2 Å². The molecule has 0 fully saturated rings. The minimum Gasteiger partial charge on any atom is -0.367 e. The van der Waals surface area contributed by atoms with Gasteiger partial charge in [-0.3, -0.25) is 9.48 Å². The summed E-state index contributed by atoms with van der Waals surface area (Å²) in [6.07, 6.45) is 6.51. The van der Waals surface area contributed by atoms with Crippen LogP contribution >= 0.6 is 11.6 Å². The number of rotatable bonds is 6. The molecule has 0 aliphatic carbocycles. The van der Waals surface area contributed by atoms with Crippen LogP contribution in [-0.2, 0) is 16.6 Å². The largest absolute Gasteiger partial charge is 0.367 e. The number of halogens is 1. The van der Waals surface area contributed by atoms with E-state index in [-0.39, 0.29) is 5.91 Å². The van der Waals surface area contributed by atoms with Crippen LogP contribution in [0.3, 0.4) is 0 Å². The van der Waals surface area contributed by atoms with E-state index in [0.717, 1.165) is 33.5 Å². The van der Waals surface area contributed by atoms with Crippen molar-refractivity contribution in [1.29, 1.82) is 0 Å². The molecule has 9 heteroatoms. The van der Waals surface area contributed by atoms with Crippen molar-refractivity contribution < 1.29 is 9.53 Å². The molecule has 1 amide bonds. The molecule has 8 nitrogen and oxygen atoms in total. The summed E-state index contributed by atoms with van der Waals surface area (Å²) in [7, 11) is 3.38. The van der Waals surface area contributed by atoms with Gasteiger partial charge in [0.2, 0.25) is 0 Å². The molecule has 3 heterocycles. The number of nitrogens with zero attached hydrogens (tertiary/aromatic N) is 5. The first-order chi connectivity index (χ1) is 17.5. The number of nitrogens with one attached hydrogen (secondary N) is 1. The lowest BCUT2D eigenvalue weighted by Gasteiger charge is -2.16.